The Labute approximate surface area is 76.0 Å². The molecule has 0 aliphatic carbocycles. The minimum Gasteiger partial charge on any atom is -0.506 e. The molecule has 3 heteroatoms. The first-order valence-corrected chi connectivity index (χ1v) is 3.88. The van der Waals surface area contributed by atoms with Crippen molar-refractivity contribution in [2.45, 2.75) is 13.3 Å². The van der Waals surface area contributed by atoms with Gasteiger partial charge in [-0.2, -0.15) is 5.26 Å². The highest BCUT2D eigenvalue weighted by molar-refractivity contribution is 6.32. The molecule has 0 aliphatic heterocycles. The maximum absolute atomic E-state index is 9.43. The molecule has 0 fully saturated rings. The molecule has 1 aromatic carbocycles. The Bertz CT molecular complexity index is 341. The van der Waals surface area contributed by atoms with Gasteiger partial charge in [-0.3, -0.25) is 0 Å². The highest BCUT2D eigenvalue weighted by atomic mass is 35.5. The van der Waals surface area contributed by atoms with Crippen LogP contribution < -0.4 is 0 Å². The van der Waals surface area contributed by atoms with Crippen LogP contribution in [0.5, 0.6) is 5.75 Å². The number of phenols is 1. The van der Waals surface area contributed by atoms with Gasteiger partial charge >= 0.3 is 0 Å². The van der Waals surface area contributed by atoms with Crippen LogP contribution in [-0.4, -0.2) is 5.11 Å². The maximum atomic E-state index is 9.43. The van der Waals surface area contributed by atoms with Crippen molar-refractivity contribution in [3.05, 3.63) is 28.3 Å². The Balaban J connectivity index is 3.25. The van der Waals surface area contributed by atoms with Gasteiger partial charge in [-0.25, -0.2) is 0 Å². The summed E-state index contributed by atoms with van der Waals surface area (Å²) in [5.41, 5.74) is 1.50. The normalized spacial score (nSPS) is 9.42. The highest BCUT2D eigenvalue weighted by Crippen LogP contribution is 2.29. The molecule has 0 amide bonds. The van der Waals surface area contributed by atoms with Gasteiger partial charge in [0.25, 0.3) is 0 Å². The summed E-state index contributed by atoms with van der Waals surface area (Å²) >= 11 is 5.66. The lowest BCUT2D eigenvalue weighted by Gasteiger charge is -2.05. The standard InChI is InChI=1S/C9H8ClNO/c1-6-2-3-8(10)9(12)7(6)4-5-11/h2-3,12H,4H2,1H3. The SMILES string of the molecule is Cc1ccc(Cl)c(O)c1CC#N. The van der Waals surface area contributed by atoms with Gasteiger partial charge in [-0.1, -0.05) is 17.7 Å². The van der Waals surface area contributed by atoms with Crippen LogP contribution in [0.4, 0.5) is 0 Å². The number of nitriles is 1. The first kappa shape index (κ1) is 8.89. The van der Waals surface area contributed by atoms with E-state index in [0.29, 0.717) is 10.6 Å². The van der Waals surface area contributed by atoms with Gasteiger partial charge in [-0.05, 0) is 18.6 Å². The number of rotatable bonds is 1. The van der Waals surface area contributed by atoms with Gasteiger partial charge in [0, 0.05) is 5.56 Å². The number of hydrogen-bond acceptors (Lipinski definition) is 2. The van der Waals surface area contributed by atoms with Crippen molar-refractivity contribution in [2.75, 3.05) is 0 Å². The van der Waals surface area contributed by atoms with E-state index >= 15 is 0 Å². The predicted octanol–water partition coefficient (Wildman–Crippen LogP) is 2.42. The lowest BCUT2D eigenvalue weighted by Crippen LogP contribution is -1.88. The Morgan fingerprint density at radius 1 is 1.58 bits per heavy atom. The molecule has 1 rings (SSSR count). The number of hydrogen-bond donors (Lipinski definition) is 1. The summed E-state index contributed by atoms with van der Waals surface area (Å²) in [4.78, 5) is 0. The molecule has 0 saturated heterocycles. The smallest absolute Gasteiger partial charge is 0.138 e. The third-order valence-corrected chi connectivity index (χ3v) is 2.03. The molecule has 0 aromatic heterocycles. The summed E-state index contributed by atoms with van der Waals surface area (Å²) in [5.74, 6) is 0.0261. The van der Waals surface area contributed by atoms with Gasteiger partial charge in [0.05, 0.1) is 17.5 Å². The molecule has 12 heavy (non-hydrogen) atoms. The summed E-state index contributed by atoms with van der Waals surface area (Å²) < 4.78 is 0. The summed E-state index contributed by atoms with van der Waals surface area (Å²) in [6, 6.07) is 5.38. The lowest BCUT2D eigenvalue weighted by atomic mass is 10.1. The zero-order valence-corrected chi connectivity index (χ0v) is 7.39. The second-order valence-electron chi connectivity index (χ2n) is 2.53. The van der Waals surface area contributed by atoms with Crippen molar-refractivity contribution in [3.8, 4) is 11.8 Å². The Morgan fingerprint density at radius 3 is 2.83 bits per heavy atom. The number of benzene rings is 1. The highest BCUT2D eigenvalue weighted by Gasteiger charge is 2.07. The molecular weight excluding hydrogens is 174 g/mol. The van der Waals surface area contributed by atoms with Crippen LogP contribution in [0.15, 0.2) is 12.1 Å². The summed E-state index contributed by atoms with van der Waals surface area (Å²) in [6.07, 6.45) is 0.193. The Morgan fingerprint density at radius 2 is 2.25 bits per heavy atom. The molecule has 0 heterocycles. The van der Waals surface area contributed by atoms with E-state index < -0.39 is 0 Å². The van der Waals surface area contributed by atoms with Crippen LogP contribution in [0.1, 0.15) is 11.1 Å². The Kier molecular flexibility index (Phi) is 2.57. The zero-order chi connectivity index (χ0) is 9.14. The van der Waals surface area contributed by atoms with E-state index in [0.717, 1.165) is 5.56 Å². The number of halogens is 1. The predicted molar refractivity (Wildman–Crippen MR) is 47.2 cm³/mol. The molecule has 0 atom stereocenters. The van der Waals surface area contributed by atoms with Crippen molar-refractivity contribution in [1.82, 2.24) is 0 Å². The van der Waals surface area contributed by atoms with Crippen LogP contribution in [0.3, 0.4) is 0 Å². The molecule has 0 bridgehead atoms. The van der Waals surface area contributed by atoms with Crippen molar-refractivity contribution >= 4 is 11.6 Å². The zero-order valence-electron chi connectivity index (χ0n) is 6.63. The van der Waals surface area contributed by atoms with E-state index in [1.54, 1.807) is 12.1 Å². The quantitative estimate of drug-likeness (QED) is 0.723. The number of nitrogens with zero attached hydrogens (tertiary/aromatic N) is 1. The molecule has 62 valence electrons. The topological polar surface area (TPSA) is 44.0 Å². The van der Waals surface area contributed by atoms with Crippen LogP contribution in [0, 0.1) is 18.3 Å². The summed E-state index contributed by atoms with van der Waals surface area (Å²) in [7, 11) is 0. The van der Waals surface area contributed by atoms with Crippen molar-refractivity contribution in [2.24, 2.45) is 0 Å². The fraction of sp³-hybridized carbons (Fsp3) is 0.222. The van der Waals surface area contributed by atoms with Crippen LogP contribution in [0.2, 0.25) is 5.02 Å². The number of aromatic hydroxyl groups is 1. The van der Waals surface area contributed by atoms with Crippen molar-refractivity contribution < 1.29 is 5.11 Å². The van der Waals surface area contributed by atoms with E-state index in [-0.39, 0.29) is 12.2 Å². The molecule has 0 saturated carbocycles. The molecule has 0 aliphatic rings. The summed E-state index contributed by atoms with van der Waals surface area (Å²) in [5, 5.41) is 18.2. The summed E-state index contributed by atoms with van der Waals surface area (Å²) in [6.45, 7) is 1.84. The second kappa shape index (κ2) is 3.46. The maximum Gasteiger partial charge on any atom is 0.138 e. The molecule has 2 nitrogen and oxygen atoms in total. The monoisotopic (exact) mass is 181 g/mol. The van der Waals surface area contributed by atoms with Gasteiger partial charge in [-0.15, -0.1) is 0 Å². The fourth-order valence-electron chi connectivity index (χ4n) is 1.01. The third-order valence-electron chi connectivity index (χ3n) is 1.72. The van der Waals surface area contributed by atoms with Crippen LogP contribution >= 0.6 is 11.6 Å². The molecular formula is C9H8ClNO. The van der Waals surface area contributed by atoms with E-state index in [4.69, 9.17) is 16.9 Å². The first-order chi connectivity index (χ1) is 5.66. The van der Waals surface area contributed by atoms with Gasteiger partial charge < -0.3 is 5.11 Å². The van der Waals surface area contributed by atoms with Crippen LogP contribution in [0.25, 0.3) is 0 Å². The first-order valence-electron chi connectivity index (χ1n) is 3.50. The van der Waals surface area contributed by atoms with E-state index in [9.17, 15) is 5.11 Å². The molecule has 1 aromatic rings. The molecule has 0 unspecified atom stereocenters. The third kappa shape index (κ3) is 1.51. The van der Waals surface area contributed by atoms with Gasteiger partial charge in [0.15, 0.2) is 0 Å². The second-order valence-corrected chi connectivity index (χ2v) is 2.93. The minimum absolute atomic E-state index is 0.0261. The van der Waals surface area contributed by atoms with E-state index in [1.165, 1.54) is 0 Å². The molecule has 1 N–H and O–H groups in total. The number of aryl methyl sites for hydroxylation is 1. The van der Waals surface area contributed by atoms with Crippen LogP contribution in [-0.2, 0) is 6.42 Å². The van der Waals surface area contributed by atoms with Gasteiger partial charge in [0.2, 0.25) is 0 Å². The minimum atomic E-state index is 0.0261. The lowest BCUT2D eigenvalue weighted by molar-refractivity contribution is 0.469. The Hall–Kier alpha value is -1.20. The molecule has 0 radical (unpaired) electrons. The van der Waals surface area contributed by atoms with E-state index in [2.05, 4.69) is 0 Å². The average Bonchev–Trinajstić information content (AvgIpc) is 2.06. The molecule has 0 spiro atoms. The van der Waals surface area contributed by atoms with E-state index in [1.807, 2.05) is 13.0 Å². The van der Waals surface area contributed by atoms with Crippen molar-refractivity contribution in [1.29, 1.82) is 5.26 Å². The largest absolute Gasteiger partial charge is 0.506 e. The van der Waals surface area contributed by atoms with Gasteiger partial charge in [0.1, 0.15) is 5.75 Å². The number of phenolic OH excluding ortho intramolecular Hbond substituents is 1. The average molecular weight is 182 g/mol. The fourth-order valence-corrected chi connectivity index (χ4v) is 1.19. The van der Waals surface area contributed by atoms with Crippen molar-refractivity contribution in [3.63, 3.8) is 0 Å².